The number of carbonyl (C=O) groups excluding carboxylic acids is 2. The van der Waals surface area contributed by atoms with Gasteiger partial charge in [-0.1, -0.05) is 35.9 Å². The molecule has 142 valence electrons. The maximum absolute atomic E-state index is 12.6. The van der Waals surface area contributed by atoms with Crippen molar-refractivity contribution in [1.29, 1.82) is 0 Å². The summed E-state index contributed by atoms with van der Waals surface area (Å²) in [6.07, 6.45) is 0. The van der Waals surface area contributed by atoms with Crippen molar-refractivity contribution in [2.45, 2.75) is 20.8 Å². The zero-order valence-corrected chi connectivity index (χ0v) is 15.7. The number of aryl methyl sites for hydroxylation is 1. The Kier molecular flexibility index (Phi) is 7.43. The van der Waals surface area contributed by atoms with E-state index in [1.165, 1.54) is 0 Å². The van der Waals surface area contributed by atoms with Gasteiger partial charge in [-0.05, 0) is 45.0 Å². The van der Waals surface area contributed by atoms with Crippen LogP contribution in [0.4, 0.5) is 11.4 Å². The summed E-state index contributed by atoms with van der Waals surface area (Å²) in [6.45, 7) is 5.73. The van der Waals surface area contributed by atoms with Crippen molar-refractivity contribution in [1.82, 2.24) is 0 Å². The molecule has 0 aliphatic heterocycles. The average molecular weight is 368 g/mol. The van der Waals surface area contributed by atoms with E-state index in [2.05, 4.69) is 10.6 Å². The minimum atomic E-state index is -0.649. The molecule has 2 aromatic carbocycles. The minimum Gasteiger partial charge on any atom is -0.461 e. The lowest BCUT2D eigenvalue weighted by molar-refractivity contribution is -0.141. The number of anilines is 2. The molecule has 2 N–H and O–H groups in total. The summed E-state index contributed by atoms with van der Waals surface area (Å²) in [7, 11) is 0. The van der Waals surface area contributed by atoms with Crippen molar-refractivity contribution < 1.29 is 19.1 Å². The summed E-state index contributed by atoms with van der Waals surface area (Å²) in [5.74, 6) is -1.30. The number of benzene rings is 2. The Balaban J connectivity index is 2.48. The van der Waals surface area contributed by atoms with Gasteiger partial charge in [0.1, 0.15) is 0 Å². The van der Waals surface area contributed by atoms with Gasteiger partial charge in [0.25, 0.3) is 0 Å². The summed E-state index contributed by atoms with van der Waals surface area (Å²) in [5.41, 5.74) is 2.36. The van der Waals surface area contributed by atoms with Gasteiger partial charge in [-0.3, -0.25) is 0 Å². The Labute approximate surface area is 159 Å². The predicted molar refractivity (Wildman–Crippen MR) is 105 cm³/mol. The highest BCUT2D eigenvalue weighted by Gasteiger charge is 2.24. The Morgan fingerprint density at radius 3 is 1.63 bits per heavy atom. The Morgan fingerprint density at radius 1 is 0.741 bits per heavy atom. The van der Waals surface area contributed by atoms with Crippen LogP contribution >= 0.6 is 0 Å². The molecule has 6 heteroatoms. The highest BCUT2D eigenvalue weighted by molar-refractivity contribution is 6.04. The van der Waals surface area contributed by atoms with E-state index in [0.717, 1.165) is 5.56 Å². The van der Waals surface area contributed by atoms with Crippen molar-refractivity contribution in [2.24, 2.45) is 0 Å². The smallest absolute Gasteiger partial charge is 0.357 e. The first-order valence-electron chi connectivity index (χ1n) is 8.79. The molecule has 0 aliphatic carbocycles. The fourth-order valence-electron chi connectivity index (χ4n) is 2.28. The van der Waals surface area contributed by atoms with E-state index in [4.69, 9.17) is 9.47 Å². The van der Waals surface area contributed by atoms with Crippen LogP contribution in [0, 0.1) is 6.92 Å². The molecule has 2 rings (SSSR count). The molecular weight excluding hydrogens is 344 g/mol. The third-order valence-electron chi connectivity index (χ3n) is 3.57. The lowest BCUT2D eigenvalue weighted by Gasteiger charge is -2.17. The number of hydrogen-bond acceptors (Lipinski definition) is 6. The van der Waals surface area contributed by atoms with E-state index in [1.54, 1.807) is 26.0 Å². The van der Waals surface area contributed by atoms with E-state index in [-0.39, 0.29) is 24.6 Å². The number of carbonyl (C=O) groups is 2. The number of rotatable bonds is 8. The van der Waals surface area contributed by atoms with Crippen LogP contribution in [0.5, 0.6) is 0 Å². The van der Waals surface area contributed by atoms with Gasteiger partial charge in [0.15, 0.2) is 11.4 Å². The lowest BCUT2D eigenvalue weighted by atomic mass is 10.2. The Hall–Kier alpha value is -3.28. The van der Waals surface area contributed by atoms with Crippen molar-refractivity contribution in [3.05, 3.63) is 71.6 Å². The lowest BCUT2D eigenvalue weighted by Crippen LogP contribution is -2.25. The number of hydrogen-bond donors (Lipinski definition) is 2. The van der Waals surface area contributed by atoms with Crippen LogP contribution in [0.3, 0.4) is 0 Å². The van der Waals surface area contributed by atoms with Gasteiger partial charge in [-0.15, -0.1) is 0 Å². The van der Waals surface area contributed by atoms with Crippen LogP contribution in [-0.2, 0) is 19.1 Å². The fourth-order valence-corrected chi connectivity index (χ4v) is 2.28. The first-order chi connectivity index (χ1) is 13.0. The second kappa shape index (κ2) is 10.0. The van der Waals surface area contributed by atoms with E-state index >= 15 is 0 Å². The zero-order chi connectivity index (χ0) is 19.6. The second-order valence-electron chi connectivity index (χ2n) is 5.67. The molecule has 0 heterocycles. The molecule has 0 spiro atoms. The summed E-state index contributed by atoms with van der Waals surface area (Å²) >= 11 is 0. The molecule has 0 radical (unpaired) electrons. The molecule has 0 unspecified atom stereocenters. The van der Waals surface area contributed by atoms with E-state index in [0.29, 0.717) is 11.4 Å². The second-order valence-corrected chi connectivity index (χ2v) is 5.67. The van der Waals surface area contributed by atoms with Crippen LogP contribution in [0.15, 0.2) is 66.0 Å². The standard InChI is InChI=1S/C21H24N2O4/c1-4-26-20(24)18(22-16-9-7-6-8-10-16)19(21(25)27-5-2)23-17-13-11-15(3)12-14-17/h6-14,22-23H,4-5H2,1-3H3/b19-18+. The number of esters is 2. The van der Waals surface area contributed by atoms with E-state index in [9.17, 15) is 9.59 Å². The summed E-state index contributed by atoms with van der Waals surface area (Å²) in [6, 6.07) is 16.5. The van der Waals surface area contributed by atoms with Crippen LogP contribution in [0.1, 0.15) is 19.4 Å². The molecule has 6 nitrogen and oxygen atoms in total. The largest absolute Gasteiger partial charge is 0.461 e. The van der Waals surface area contributed by atoms with E-state index < -0.39 is 11.9 Å². The SMILES string of the molecule is CCOC(=O)/C(Nc1ccccc1)=C(\Nc1ccc(C)cc1)C(=O)OCC. The molecular formula is C21H24N2O4. The minimum absolute atomic E-state index is 0.0111. The van der Waals surface area contributed by atoms with Crippen molar-refractivity contribution in [2.75, 3.05) is 23.8 Å². The third kappa shape index (κ3) is 5.88. The van der Waals surface area contributed by atoms with Crippen LogP contribution in [0.2, 0.25) is 0 Å². The van der Waals surface area contributed by atoms with Crippen molar-refractivity contribution in [3.8, 4) is 0 Å². The van der Waals surface area contributed by atoms with Gasteiger partial charge in [-0.25, -0.2) is 9.59 Å². The van der Waals surface area contributed by atoms with Gasteiger partial charge in [0.2, 0.25) is 0 Å². The van der Waals surface area contributed by atoms with Gasteiger partial charge < -0.3 is 20.1 Å². The first kappa shape index (κ1) is 20.0. The summed E-state index contributed by atoms with van der Waals surface area (Å²) in [5, 5.41) is 5.97. The molecule has 0 saturated carbocycles. The molecule has 0 aliphatic rings. The van der Waals surface area contributed by atoms with Gasteiger partial charge >= 0.3 is 11.9 Å². The maximum atomic E-state index is 12.6. The van der Waals surface area contributed by atoms with Crippen molar-refractivity contribution in [3.63, 3.8) is 0 Å². The Bertz CT molecular complexity index is 799. The van der Waals surface area contributed by atoms with Crippen molar-refractivity contribution >= 4 is 23.3 Å². The van der Waals surface area contributed by atoms with Gasteiger partial charge in [-0.2, -0.15) is 0 Å². The fraction of sp³-hybridized carbons (Fsp3) is 0.238. The highest BCUT2D eigenvalue weighted by Crippen LogP contribution is 2.18. The van der Waals surface area contributed by atoms with Crippen LogP contribution in [-0.4, -0.2) is 25.2 Å². The monoisotopic (exact) mass is 368 g/mol. The summed E-state index contributed by atoms with van der Waals surface area (Å²) < 4.78 is 10.3. The van der Waals surface area contributed by atoms with Gasteiger partial charge in [0, 0.05) is 11.4 Å². The molecule has 0 aromatic heterocycles. The topological polar surface area (TPSA) is 76.7 Å². The number of nitrogens with one attached hydrogen (secondary N) is 2. The highest BCUT2D eigenvalue weighted by atomic mass is 16.5. The van der Waals surface area contributed by atoms with Crippen LogP contribution in [0.25, 0.3) is 0 Å². The quantitative estimate of drug-likeness (QED) is 0.544. The molecule has 0 atom stereocenters. The maximum Gasteiger partial charge on any atom is 0.357 e. The molecule has 0 bridgehead atoms. The number of ether oxygens (including phenoxy) is 2. The molecule has 0 amide bonds. The van der Waals surface area contributed by atoms with Crippen LogP contribution < -0.4 is 10.6 Å². The predicted octanol–water partition coefficient (Wildman–Crippen LogP) is 3.86. The Morgan fingerprint density at radius 2 is 1.19 bits per heavy atom. The summed E-state index contributed by atoms with van der Waals surface area (Å²) in [4.78, 5) is 25.1. The molecule has 2 aromatic rings. The van der Waals surface area contributed by atoms with E-state index in [1.807, 2.05) is 49.4 Å². The van der Waals surface area contributed by atoms with Gasteiger partial charge in [0.05, 0.1) is 13.2 Å². The molecule has 0 saturated heterocycles. The average Bonchev–Trinajstić information content (AvgIpc) is 2.67. The first-order valence-corrected chi connectivity index (χ1v) is 8.79. The third-order valence-corrected chi connectivity index (χ3v) is 3.57. The number of para-hydroxylation sites is 1. The normalized spacial score (nSPS) is 11.2. The molecule has 27 heavy (non-hydrogen) atoms. The zero-order valence-electron chi connectivity index (χ0n) is 15.7. The molecule has 0 fully saturated rings.